The number of aromatic nitrogens is 1. The Labute approximate surface area is 147 Å². The third-order valence-corrected chi connectivity index (χ3v) is 4.77. The summed E-state index contributed by atoms with van der Waals surface area (Å²) in [6, 6.07) is 5.94. The van der Waals surface area contributed by atoms with Gasteiger partial charge in [-0.3, -0.25) is 4.99 Å². The summed E-state index contributed by atoms with van der Waals surface area (Å²) in [6.07, 6.45) is 5.22. The number of aromatic amines is 1. The molecule has 3 N–H and O–H groups in total. The molecular weight excluding hydrogens is 324 g/mol. The monoisotopic (exact) mass is 348 g/mol. The maximum Gasteiger partial charge on any atom is 0.190 e. The van der Waals surface area contributed by atoms with Crippen LogP contribution in [0.4, 0.5) is 0 Å². The molecule has 24 heavy (non-hydrogen) atoms. The molecule has 0 amide bonds. The molecule has 0 bridgehead atoms. The summed E-state index contributed by atoms with van der Waals surface area (Å²) in [4.78, 5) is 7.59. The molecule has 5 nitrogen and oxygen atoms in total. The molecule has 130 valence electrons. The van der Waals surface area contributed by atoms with Crippen LogP contribution in [0.5, 0.6) is 0 Å². The lowest BCUT2D eigenvalue weighted by atomic mass is 10.0. The summed E-state index contributed by atoms with van der Waals surface area (Å²) in [5, 5.41) is 8.77. The SMILES string of the molecule is CN=C(NCCc1c[nH]c2ccc(Cl)cc12)NCC1CCOCC1. The number of hydrogen-bond donors (Lipinski definition) is 3. The second kappa shape index (κ2) is 8.40. The van der Waals surface area contributed by atoms with Crippen LogP contribution < -0.4 is 10.6 Å². The first-order chi connectivity index (χ1) is 11.8. The van der Waals surface area contributed by atoms with Crippen LogP contribution in [-0.4, -0.2) is 44.3 Å². The Bertz CT molecular complexity index is 691. The van der Waals surface area contributed by atoms with Crippen LogP contribution in [0.1, 0.15) is 18.4 Å². The van der Waals surface area contributed by atoms with E-state index < -0.39 is 0 Å². The Morgan fingerprint density at radius 3 is 2.96 bits per heavy atom. The highest BCUT2D eigenvalue weighted by atomic mass is 35.5. The lowest BCUT2D eigenvalue weighted by Gasteiger charge is -2.23. The van der Waals surface area contributed by atoms with Crippen LogP contribution >= 0.6 is 11.6 Å². The summed E-state index contributed by atoms with van der Waals surface area (Å²) < 4.78 is 5.40. The first-order valence-electron chi connectivity index (χ1n) is 8.54. The van der Waals surface area contributed by atoms with Crippen molar-refractivity contribution in [3.05, 3.63) is 35.0 Å². The van der Waals surface area contributed by atoms with Gasteiger partial charge in [-0.1, -0.05) is 11.6 Å². The third-order valence-electron chi connectivity index (χ3n) is 4.54. The minimum atomic E-state index is 0.674. The number of nitrogens with zero attached hydrogens (tertiary/aromatic N) is 1. The van der Waals surface area contributed by atoms with Crippen molar-refractivity contribution in [2.75, 3.05) is 33.4 Å². The molecule has 2 aromatic rings. The topological polar surface area (TPSA) is 61.4 Å². The van der Waals surface area contributed by atoms with Gasteiger partial charge in [0.1, 0.15) is 0 Å². The van der Waals surface area contributed by atoms with Crippen LogP contribution in [0.25, 0.3) is 10.9 Å². The van der Waals surface area contributed by atoms with E-state index in [0.29, 0.717) is 5.92 Å². The molecule has 0 radical (unpaired) electrons. The van der Waals surface area contributed by atoms with Crippen LogP contribution in [0, 0.1) is 5.92 Å². The fourth-order valence-corrected chi connectivity index (χ4v) is 3.26. The number of ether oxygens (including phenoxy) is 1. The molecular formula is C18H25ClN4O. The van der Waals surface area contributed by atoms with Crippen LogP contribution in [0.2, 0.25) is 5.02 Å². The normalized spacial score (nSPS) is 16.5. The molecule has 1 aromatic heterocycles. The summed E-state index contributed by atoms with van der Waals surface area (Å²) in [6.45, 7) is 3.53. The van der Waals surface area contributed by atoms with Crippen molar-refractivity contribution in [3.8, 4) is 0 Å². The molecule has 0 saturated carbocycles. The van der Waals surface area contributed by atoms with E-state index >= 15 is 0 Å². The molecule has 1 aliphatic heterocycles. The Kier molecular flexibility index (Phi) is 5.99. The summed E-state index contributed by atoms with van der Waals surface area (Å²) in [5.41, 5.74) is 2.39. The zero-order valence-electron chi connectivity index (χ0n) is 14.1. The molecule has 0 unspecified atom stereocenters. The number of halogens is 1. The maximum atomic E-state index is 6.10. The number of hydrogen-bond acceptors (Lipinski definition) is 2. The van der Waals surface area contributed by atoms with Gasteiger partial charge < -0.3 is 20.4 Å². The van der Waals surface area contributed by atoms with E-state index in [1.807, 2.05) is 25.2 Å². The summed E-state index contributed by atoms with van der Waals surface area (Å²) in [5.74, 6) is 1.53. The maximum absolute atomic E-state index is 6.10. The fourth-order valence-electron chi connectivity index (χ4n) is 3.09. The second-order valence-corrected chi connectivity index (χ2v) is 6.63. The van der Waals surface area contributed by atoms with Crippen molar-refractivity contribution in [2.45, 2.75) is 19.3 Å². The number of guanidine groups is 1. The molecule has 1 fully saturated rings. The number of fused-ring (bicyclic) bond motifs is 1. The van der Waals surface area contributed by atoms with Crippen molar-refractivity contribution in [1.82, 2.24) is 15.6 Å². The van der Waals surface area contributed by atoms with Crippen molar-refractivity contribution in [1.29, 1.82) is 0 Å². The minimum absolute atomic E-state index is 0.674. The van der Waals surface area contributed by atoms with Gasteiger partial charge in [0.05, 0.1) is 0 Å². The minimum Gasteiger partial charge on any atom is -0.381 e. The smallest absolute Gasteiger partial charge is 0.190 e. The Morgan fingerprint density at radius 1 is 1.33 bits per heavy atom. The molecule has 1 aromatic carbocycles. The van der Waals surface area contributed by atoms with E-state index in [2.05, 4.69) is 26.8 Å². The first-order valence-corrected chi connectivity index (χ1v) is 8.92. The van der Waals surface area contributed by atoms with Gasteiger partial charge in [-0.05, 0) is 48.9 Å². The largest absolute Gasteiger partial charge is 0.381 e. The molecule has 0 atom stereocenters. The highest BCUT2D eigenvalue weighted by molar-refractivity contribution is 6.31. The molecule has 2 heterocycles. The quantitative estimate of drug-likeness (QED) is 0.575. The predicted octanol–water partition coefficient (Wildman–Crippen LogP) is 2.96. The molecule has 1 saturated heterocycles. The number of benzene rings is 1. The van der Waals surface area contributed by atoms with Gasteiger partial charge in [0.15, 0.2) is 5.96 Å². The van der Waals surface area contributed by atoms with E-state index in [-0.39, 0.29) is 0 Å². The Morgan fingerprint density at radius 2 is 2.17 bits per heavy atom. The fraction of sp³-hybridized carbons (Fsp3) is 0.500. The van der Waals surface area contributed by atoms with Crippen molar-refractivity contribution in [2.24, 2.45) is 10.9 Å². The van der Waals surface area contributed by atoms with Gasteiger partial charge in [-0.15, -0.1) is 0 Å². The van der Waals surface area contributed by atoms with Crippen molar-refractivity contribution in [3.63, 3.8) is 0 Å². The number of nitrogens with one attached hydrogen (secondary N) is 3. The third kappa shape index (κ3) is 4.42. The molecule has 1 aliphatic rings. The van der Waals surface area contributed by atoms with E-state index in [4.69, 9.17) is 16.3 Å². The van der Waals surface area contributed by atoms with Gasteiger partial charge in [-0.2, -0.15) is 0 Å². The zero-order valence-corrected chi connectivity index (χ0v) is 14.8. The van der Waals surface area contributed by atoms with Gasteiger partial charge in [0, 0.05) is 55.5 Å². The molecule has 0 aliphatic carbocycles. The molecule has 0 spiro atoms. The summed E-state index contributed by atoms with van der Waals surface area (Å²) in [7, 11) is 1.81. The van der Waals surface area contributed by atoms with E-state index in [0.717, 1.165) is 62.1 Å². The standard InChI is InChI=1S/C18H25ClN4O/c1-20-18(23-11-13-5-8-24-9-6-13)21-7-4-14-12-22-17-3-2-15(19)10-16(14)17/h2-3,10,12-13,22H,4-9,11H2,1H3,(H2,20,21,23). The Balaban J connectivity index is 1.47. The van der Waals surface area contributed by atoms with Gasteiger partial charge >= 0.3 is 0 Å². The summed E-state index contributed by atoms with van der Waals surface area (Å²) >= 11 is 6.10. The van der Waals surface area contributed by atoms with E-state index in [1.54, 1.807) is 0 Å². The average molecular weight is 349 g/mol. The van der Waals surface area contributed by atoms with E-state index in [9.17, 15) is 0 Å². The van der Waals surface area contributed by atoms with E-state index in [1.165, 1.54) is 10.9 Å². The highest BCUT2D eigenvalue weighted by Gasteiger charge is 2.14. The van der Waals surface area contributed by atoms with Gasteiger partial charge in [0.2, 0.25) is 0 Å². The number of rotatable bonds is 5. The zero-order chi connectivity index (χ0) is 16.8. The number of aliphatic imine (C=N–C) groups is 1. The van der Waals surface area contributed by atoms with Crippen molar-refractivity contribution >= 4 is 28.5 Å². The molecule has 3 rings (SSSR count). The van der Waals surface area contributed by atoms with Crippen LogP contribution in [0.3, 0.4) is 0 Å². The van der Waals surface area contributed by atoms with Gasteiger partial charge in [0.25, 0.3) is 0 Å². The molecule has 6 heteroatoms. The van der Waals surface area contributed by atoms with Crippen molar-refractivity contribution < 1.29 is 4.74 Å². The second-order valence-electron chi connectivity index (χ2n) is 6.19. The van der Waals surface area contributed by atoms with Crippen LogP contribution in [-0.2, 0) is 11.2 Å². The lowest BCUT2D eigenvalue weighted by Crippen LogP contribution is -2.41. The first kappa shape index (κ1) is 17.1. The van der Waals surface area contributed by atoms with Crippen LogP contribution in [0.15, 0.2) is 29.4 Å². The highest BCUT2D eigenvalue weighted by Crippen LogP contribution is 2.22. The van der Waals surface area contributed by atoms with Gasteiger partial charge in [-0.25, -0.2) is 0 Å². The lowest BCUT2D eigenvalue weighted by molar-refractivity contribution is 0.0675. The average Bonchev–Trinajstić information content (AvgIpc) is 3.01. The number of H-pyrrole nitrogens is 1. The Hall–Kier alpha value is -1.72. The predicted molar refractivity (Wildman–Crippen MR) is 99.9 cm³/mol.